The molecular weight excluding hydrogens is 342 g/mol. The molecule has 0 radical (unpaired) electrons. The minimum atomic E-state index is -0.350. The molecule has 0 aliphatic rings. The molecule has 1 aromatic heterocycles. The average molecular weight is 361 g/mol. The number of rotatable bonds is 5. The normalized spacial score (nSPS) is 10.1. The van der Waals surface area contributed by atoms with Crippen molar-refractivity contribution in [3.05, 3.63) is 72.2 Å². The molecule has 0 unspecified atom stereocenters. The summed E-state index contributed by atoms with van der Waals surface area (Å²) in [6.07, 6.45) is 1.34. The highest BCUT2D eigenvalue weighted by molar-refractivity contribution is 6.03. The van der Waals surface area contributed by atoms with Gasteiger partial charge in [-0.05, 0) is 43.3 Å². The smallest absolute Gasteiger partial charge is 0.274 e. The molecule has 0 fully saturated rings. The summed E-state index contributed by atoms with van der Waals surface area (Å²) in [5.74, 6) is 0.0259. The number of nitrogens with one attached hydrogen (secondary N) is 3. The lowest BCUT2D eigenvalue weighted by molar-refractivity contribution is -0.114. The Hall–Kier alpha value is -3.74. The SMILES string of the molecule is CC(=O)Nc1ccc(NC(=O)c2cc(Nc3ccc(C)cc3)ncn2)cc1. The molecule has 7 nitrogen and oxygen atoms in total. The third-order valence-corrected chi connectivity index (χ3v) is 3.69. The van der Waals surface area contributed by atoms with Crippen molar-refractivity contribution in [2.75, 3.05) is 16.0 Å². The van der Waals surface area contributed by atoms with E-state index in [2.05, 4.69) is 25.9 Å². The first-order valence-corrected chi connectivity index (χ1v) is 8.34. The molecule has 0 aliphatic heterocycles. The maximum absolute atomic E-state index is 12.4. The lowest BCUT2D eigenvalue weighted by Crippen LogP contribution is -2.14. The molecule has 0 saturated carbocycles. The number of amides is 2. The van der Waals surface area contributed by atoms with Gasteiger partial charge in [-0.2, -0.15) is 0 Å². The number of benzene rings is 2. The summed E-state index contributed by atoms with van der Waals surface area (Å²) in [5, 5.41) is 8.58. The van der Waals surface area contributed by atoms with E-state index >= 15 is 0 Å². The van der Waals surface area contributed by atoms with Gasteiger partial charge in [-0.25, -0.2) is 9.97 Å². The first kappa shape index (κ1) is 18.1. The van der Waals surface area contributed by atoms with Gasteiger partial charge in [0.25, 0.3) is 5.91 Å². The van der Waals surface area contributed by atoms with E-state index in [0.29, 0.717) is 17.2 Å². The molecule has 0 atom stereocenters. The molecule has 0 bridgehead atoms. The first-order valence-electron chi connectivity index (χ1n) is 8.34. The summed E-state index contributed by atoms with van der Waals surface area (Å²) in [4.78, 5) is 31.6. The molecule has 2 aromatic carbocycles. The van der Waals surface area contributed by atoms with Crippen molar-refractivity contribution in [3.8, 4) is 0 Å². The summed E-state index contributed by atoms with van der Waals surface area (Å²) in [6.45, 7) is 3.45. The number of aryl methyl sites for hydroxylation is 1. The number of nitrogens with zero attached hydrogens (tertiary/aromatic N) is 2. The molecule has 3 N–H and O–H groups in total. The minimum Gasteiger partial charge on any atom is -0.340 e. The van der Waals surface area contributed by atoms with Gasteiger partial charge in [0.05, 0.1) is 0 Å². The lowest BCUT2D eigenvalue weighted by Gasteiger charge is -2.09. The van der Waals surface area contributed by atoms with Gasteiger partial charge in [0, 0.05) is 30.1 Å². The number of carbonyl (C=O) groups is 2. The van der Waals surface area contributed by atoms with Gasteiger partial charge in [-0.1, -0.05) is 17.7 Å². The fourth-order valence-electron chi connectivity index (χ4n) is 2.37. The number of hydrogen-bond acceptors (Lipinski definition) is 5. The third kappa shape index (κ3) is 5.12. The summed E-state index contributed by atoms with van der Waals surface area (Å²) in [7, 11) is 0. The van der Waals surface area contributed by atoms with E-state index in [-0.39, 0.29) is 17.5 Å². The van der Waals surface area contributed by atoms with Crippen LogP contribution >= 0.6 is 0 Å². The van der Waals surface area contributed by atoms with E-state index in [1.165, 1.54) is 13.3 Å². The summed E-state index contributed by atoms with van der Waals surface area (Å²) in [6, 6.07) is 16.3. The van der Waals surface area contributed by atoms with Crippen LogP contribution in [0.2, 0.25) is 0 Å². The van der Waals surface area contributed by atoms with Crippen molar-refractivity contribution in [3.63, 3.8) is 0 Å². The molecular formula is C20H19N5O2. The molecule has 2 amide bonds. The van der Waals surface area contributed by atoms with E-state index in [1.807, 2.05) is 31.2 Å². The van der Waals surface area contributed by atoms with Crippen LogP contribution in [0.1, 0.15) is 23.0 Å². The second-order valence-corrected chi connectivity index (χ2v) is 5.99. The highest BCUT2D eigenvalue weighted by Crippen LogP contribution is 2.17. The van der Waals surface area contributed by atoms with Crippen LogP contribution < -0.4 is 16.0 Å². The second kappa shape index (κ2) is 8.09. The van der Waals surface area contributed by atoms with Gasteiger partial charge in [-0.15, -0.1) is 0 Å². The standard InChI is InChI=1S/C20H19N5O2/c1-13-3-5-16(6-4-13)24-19-11-18(21-12-22-19)20(27)25-17-9-7-15(8-10-17)23-14(2)26/h3-12H,1-2H3,(H,23,26)(H,25,27)(H,21,22,24). The van der Waals surface area contributed by atoms with E-state index < -0.39 is 0 Å². The Kier molecular flexibility index (Phi) is 5.41. The van der Waals surface area contributed by atoms with Gasteiger partial charge >= 0.3 is 0 Å². The number of aromatic nitrogens is 2. The van der Waals surface area contributed by atoms with Crippen molar-refractivity contribution < 1.29 is 9.59 Å². The highest BCUT2D eigenvalue weighted by Gasteiger charge is 2.10. The van der Waals surface area contributed by atoms with Crippen LogP contribution in [-0.2, 0) is 4.79 Å². The highest BCUT2D eigenvalue weighted by atomic mass is 16.2. The van der Waals surface area contributed by atoms with Gasteiger partial charge in [0.1, 0.15) is 17.8 Å². The molecule has 3 rings (SSSR count). The zero-order valence-corrected chi connectivity index (χ0v) is 15.0. The molecule has 1 heterocycles. The van der Waals surface area contributed by atoms with Crippen LogP contribution in [0.3, 0.4) is 0 Å². The molecule has 3 aromatic rings. The molecule has 0 aliphatic carbocycles. The Morgan fingerprint density at radius 3 is 2.04 bits per heavy atom. The van der Waals surface area contributed by atoms with E-state index in [9.17, 15) is 9.59 Å². The Bertz CT molecular complexity index is 953. The molecule has 27 heavy (non-hydrogen) atoms. The Morgan fingerprint density at radius 2 is 1.41 bits per heavy atom. The molecule has 136 valence electrons. The predicted octanol–water partition coefficient (Wildman–Crippen LogP) is 3.74. The zero-order valence-electron chi connectivity index (χ0n) is 15.0. The maximum atomic E-state index is 12.4. The molecule has 0 spiro atoms. The number of hydrogen-bond donors (Lipinski definition) is 3. The van der Waals surface area contributed by atoms with Crippen molar-refractivity contribution in [1.82, 2.24) is 9.97 Å². The van der Waals surface area contributed by atoms with Gasteiger partial charge in [0.15, 0.2) is 0 Å². The predicted molar refractivity (Wildman–Crippen MR) is 105 cm³/mol. The maximum Gasteiger partial charge on any atom is 0.274 e. The molecule has 7 heteroatoms. The van der Waals surface area contributed by atoms with Crippen LogP contribution in [0.15, 0.2) is 60.9 Å². The largest absolute Gasteiger partial charge is 0.340 e. The topological polar surface area (TPSA) is 96.0 Å². The fourth-order valence-corrected chi connectivity index (χ4v) is 2.37. The van der Waals surface area contributed by atoms with Crippen molar-refractivity contribution in [2.45, 2.75) is 13.8 Å². The van der Waals surface area contributed by atoms with Crippen molar-refractivity contribution >= 4 is 34.7 Å². The quantitative estimate of drug-likeness (QED) is 0.643. The zero-order chi connectivity index (χ0) is 19.2. The Balaban J connectivity index is 1.67. The fraction of sp³-hybridized carbons (Fsp3) is 0.100. The van der Waals surface area contributed by atoms with Gasteiger partial charge in [0.2, 0.25) is 5.91 Å². The monoisotopic (exact) mass is 361 g/mol. The summed E-state index contributed by atoms with van der Waals surface area (Å²) < 4.78 is 0. The second-order valence-electron chi connectivity index (χ2n) is 5.99. The van der Waals surface area contributed by atoms with E-state index in [1.54, 1.807) is 30.3 Å². The van der Waals surface area contributed by atoms with E-state index in [4.69, 9.17) is 0 Å². The first-order chi connectivity index (χ1) is 13.0. The van der Waals surface area contributed by atoms with Crippen LogP contribution in [0.25, 0.3) is 0 Å². The molecule has 0 saturated heterocycles. The number of anilines is 4. The average Bonchev–Trinajstić information content (AvgIpc) is 2.65. The van der Waals surface area contributed by atoms with Crippen LogP contribution in [-0.4, -0.2) is 21.8 Å². The van der Waals surface area contributed by atoms with Crippen molar-refractivity contribution in [2.24, 2.45) is 0 Å². The number of carbonyl (C=O) groups excluding carboxylic acids is 2. The van der Waals surface area contributed by atoms with Crippen LogP contribution in [0.5, 0.6) is 0 Å². The van der Waals surface area contributed by atoms with E-state index in [0.717, 1.165) is 11.3 Å². The Labute approximate surface area is 156 Å². The minimum absolute atomic E-state index is 0.152. The van der Waals surface area contributed by atoms with Crippen LogP contribution in [0.4, 0.5) is 22.9 Å². The Morgan fingerprint density at radius 1 is 0.815 bits per heavy atom. The van der Waals surface area contributed by atoms with Gasteiger partial charge in [-0.3, -0.25) is 9.59 Å². The van der Waals surface area contributed by atoms with Gasteiger partial charge < -0.3 is 16.0 Å². The summed E-state index contributed by atoms with van der Waals surface area (Å²) in [5.41, 5.74) is 3.53. The lowest BCUT2D eigenvalue weighted by atomic mass is 10.2. The van der Waals surface area contributed by atoms with Crippen LogP contribution in [0, 0.1) is 6.92 Å². The third-order valence-electron chi connectivity index (χ3n) is 3.69. The summed E-state index contributed by atoms with van der Waals surface area (Å²) >= 11 is 0. The van der Waals surface area contributed by atoms with Crippen molar-refractivity contribution in [1.29, 1.82) is 0 Å².